The molecule has 0 radical (unpaired) electrons. The van der Waals surface area contributed by atoms with E-state index in [0.29, 0.717) is 17.2 Å². The van der Waals surface area contributed by atoms with Crippen molar-refractivity contribution in [2.45, 2.75) is 13.8 Å². The molecule has 2 aromatic heterocycles. The van der Waals surface area contributed by atoms with Gasteiger partial charge in [0.05, 0.1) is 29.6 Å². The Morgan fingerprint density at radius 2 is 1.00 bits per heavy atom. The minimum absolute atomic E-state index is 0.247. The lowest BCUT2D eigenvalue weighted by molar-refractivity contribution is 0.0599. The van der Waals surface area contributed by atoms with Gasteiger partial charge in [0.2, 0.25) is 0 Å². The number of hydrogen-bond acceptors (Lipinski definition) is 7. The van der Waals surface area contributed by atoms with Crippen LogP contribution in [0.2, 0.25) is 0 Å². The predicted molar refractivity (Wildman–Crippen MR) is 161 cm³/mol. The summed E-state index contributed by atoms with van der Waals surface area (Å²) in [5.74, 6) is -0.131. The maximum atomic E-state index is 11.4. The van der Waals surface area contributed by atoms with E-state index < -0.39 is 5.97 Å². The van der Waals surface area contributed by atoms with Crippen molar-refractivity contribution < 1.29 is 19.4 Å². The van der Waals surface area contributed by atoms with Crippen molar-refractivity contribution in [2.24, 2.45) is 0 Å². The maximum absolute atomic E-state index is 11.4. The van der Waals surface area contributed by atoms with Crippen molar-refractivity contribution in [3.63, 3.8) is 0 Å². The normalized spacial score (nSPS) is 10.5. The molecule has 0 atom stereocenters. The van der Waals surface area contributed by atoms with Crippen LogP contribution in [-0.4, -0.2) is 53.7 Å². The van der Waals surface area contributed by atoms with Crippen LogP contribution in [0, 0.1) is 13.8 Å². The number of esters is 1. The number of carboxylic acid groups (broad SMARTS) is 1. The van der Waals surface area contributed by atoms with Crippen LogP contribution in [0.25, 0.3) is 34.2 Å². The van der Waals surface area contributed by atoms with Crippen LogP contribution in [0.5, 0.6) is 0 Å². The molecule has 0 unspecified atom stereocenters. The van der Waals surface area contributed by atoms with Crippen LogP contribution in [0.3, 0.4) is 0 Å². The van der Waals surface area contributed by atoms with E-state index in [1.165, 1.54) is 18.2 Å². The first-order chi connectivity index (χ1) is 20.8. The van der Waals surface area contributed by atoms with Crippen molar-refractivity contribution in [1.82, 2.24) is 29.5 Å². The number of aromatic carboxylic acids is 1. The monoisotopic (exact) mass is 572 g/mol. The molecule has 6 aromatic rings. The van der Waals surface area contributed by atoms with Crippen LogP contribution < -0.4 is 0 Å². The van der Waals surface area contributed by atoms with Gasteiger partial charge in [0.15, 0.2) is 11.6 Å². The van der Waals surface area contributed by atoms with E-state index in [4.69, 9.17) is 5.11 Å². The fourth-order valence-corrected chi connectivity index (χ4v) is 4.07. The lowest BCUT2D eigenvalue weighted by Gasteiger charge is -2.01. The van der Waals surface area contributed by atoms with Crippen LogP contribution in [0.4, 0.5) is 0 Å². The molecular formula is C33H28N6O4. The van der Waals surface area contributed by atoms with Gasteiger partial charge in [0, 0.05) is 11.1 Å². The average molecular weight is 573 g/mol. The van der Waals surface area contributed by atoms with E-state index in [9.17, 15) is 9.59 Å². The molecule has 0 saturated heterocycles. The largest absolute Gasteiger partial charge is 0.478 e. The van der Waals surface area contributed by atoms with Crippen LogP contribution in [0.15, 0.2) is 110 Å². The molecule has 0 aliphatic heterocycles. The van der Waals surface area contributed by atoms with E-state index in [0.717, 1.165) is 22.5 Å². The SMILES string of the molecule is COC(=O)c1ccc(-c2ncn(-c3ccc(C)cc3)n2)cc1.Cc1ccc(-n2cnc(-c3ccc(C(=O)O)cc3)n2)cc1. The molecule has 1 N–H and O–H groups in total. The molecule has 2 heterocycles. The first kappa shape index (κ1) is 28.6. The van der Waals surface area contributed by atoms with E-state index >= 15 is 0 Å². The number of aryl methyl sites for hydroxylation is 2. The average Bonchev–Trinajstić information content (AvgIpc) is 3.73. The van der Waals surface area contributed by atoms with Gasteiger partial charge in [-0.1, -0.05) is 59.7 Å². The number of benzene rings is 4. The number of carboxylic acids is 1. The zero-order chi connectivity index (χ0) is 30.3. The summed E-state index contributed by atoms with van der Waals surface area (Å²) in [6, 6.07) is 29.5. The second-order valence-corrected chi connectivity index (χ2v) is 9.65. The second kappa shape index (κ2) is 12.7. The fraction of sp³-hybridized carbons (Fsp3) is 0.0909. The summed E-state index contributed by atoms with van der Waals surface area (Å²) >= 11 is 0. The number of carbonyl (C=O) groups excluding carboxylic acids is 1. The molecule has 0 aliphatic rings. The lowest BCUT2D eigenvalue weighted by atomic mass is 10.1. The standard InChI is InChI=1S/C17H15N3O2.C16H13N3O2/c1-12-3-9-15(10-4-12)20-11-18-16(19-20)13-5-7-14(8-6-13)17(21)22-2;1-11-2-8-14(9-3-11)19-10-17-15(18-19)12-4-6-13(7-5-12)16(20)21/h3-11H,1-2H3;2-10H,1H3,(H,20,21). The summed E-state index contributed by atoms with van der Waals surface area (Å²) in [5.41, 5.74) is 6.65. The van der Waals surface area contributed by atoms with Gasteiger partial charge in [-0.3, -0.25) is 0 Å². The van der Waals surface area contributed by atoms with Crippen molar-refractivity contribution in [3.8, 4) is 34.2 Å². The quantitative estimate of drug-likeness (QED) is 0.242. The lowest BCUT2D eigenvalue weighted by Crippen LogP contribution is -2.00. The summed E-state index contributed by atoms with van der Waals surface area (Å²) in [4.78, 5) is 30.8. The van der Waals surface area contributed by atoms with Crippen LogP contribution >= 0.6 is 0 Å². The first-order valence-electron chi connectivity index (χ1n) is 13.3. The Labute approximate surface area is 247 Å². The molecule has 0 amide bonds. The highest BCUT2D eigenvalue weighted by atomic mass is 16.5. The van der Waals surface area contributed by atoms with Crippen LogP contribution in [0.1, 0.15) is 31.8 Å². The summed E-state index contributed by atoms with van der Waals surface area (Å²) in [5, 5.41) is 17.8. The molecule has 10 heteroatoms. The van der Waals surface area contributed by atoms with Gasteiger partial charge in [-0.15, -0.1) is 10.2 Å². The first-order valence-corrected chi connectivity index (χ1v) is 13.3. The summed E-state index contributed by atoms with van der Waals surface area (Å²) in [6.07, 6.45) is 3.32. The number of ether oxygens (including phenoxy) is 1. The van der Waals surface area contributed by atoms with Crippen molar-refractivity contribution in [2.75, 3.05) is 7.11 Å². The zero-order valence-electron chi connectivity index (χ0n) is 23.7. The second-order valence-electron chi connectivity index (χ2n) is 9.65. The molecule has 214 valence electrons. The third-order valence-corrected chi connectivity index (χ3v) is 6.53. The Balaban J connectivity index is 0.000000171. The minimum atomic E-state index is -0.945. The van der Waals surface area contributed by atoms with E-state index in [1.807, 2.05) is 62.4 Å². The fourth-order valence-electron chi connectivity index (χ4n) is 4.07. The van der Waals surface area contributed by atoms with Gasteiger partial charge in [-0.2, -0.15) is 0 Å². The molecule has 0 saturated carbocycles. The van der Waals surface area contributed by atoms with E-state index in [2.05, 4.69) is 24.9 Å². The van der Waals surface area contributed by atoms with Crippen LogP contribution in [-0.2, 0) is 4.74 Å². The smallest absolute Gasteiger partial charge is 0.337 e. The summed E-state index contributed by atoms with van der Waals surface area (Å²) in [6.45, 7) is 4.07. The summed E-state index contributed by atoms with van der Waals surface area (Å²) < 4.78 is 8.10. The zero-order valence-corrected chi connectivity index (χ0v) is 23.7. The van der Waals surface area contributed by atoms with E-state index in [1.54, 1.807) is 70.5 Å². The molecule has 0 fully saturated rings. The molecule has 10 nitrogen and oxygen atoms in total. The van der Waals surface area contributed by atoms with Gasteiger partial charge in [-0.25, -0.2) is 28.9 Å². The minimum Gasteiger partial charge on any atom is -0.478 e. The molecular weight excluding hydrogens is 544 g/mol. The van der Waals surface area contributed by atoms with Gasteiger partial charge >= 0.3 is 11.9 Å². The Hall–Kier alpha value is -5.90. The topological polar surface area (TPSA) is 125 Å². The number of methoxy groups -OCH3 is 1. The highest BCUT2D eigenvalue weighted by Crippen LogP contribution is 2.19. The molecule has 4 aromatic carbocycles. The Morgan fingerprint density at radius 3 is 1.37 bits per heavy atom. The molecule has 0 bridgehead atoms. The van der Waals surface area contributed by atoms with Crippen molar-refractivity contribution >= 4 is 11.9 Å². The predicted octanol–water partition coefficient (Wildman–Crippen LogP) is 5.97. The third-order valence-electron chi connectivity index (χ3n) is 6.53. The van der Waals surface area contributed by atoms with Gasteiger partial charge in [-0.05, 0) is 62.4 Å². The third kappa shape index (κ3) is 6.88. The number of rotatable bonds is 6. The van der Waals surface area contributed by atoms with Crippen molar-refractivity contribution in [3.05, 3.63) is 132 Å². The molecule has 0 aliphatic carbocycles. The Bertz CT molecular complexity index is 1840. The number of carbonyl (C=O) groups is 2. The van der Waals surface area contributed by atoms with Gasteiger partial charge in [0.25, 0.3) is 0 Å². The Morgan fingerprint density at radius 1 is 0.605 bits per heavy atom. The molecule has 0 spiro atoms. The highest BCUT2D eigenvalue weighted by Gasteiger charge is 2.10. The van der Waals surface area contributed by atoms with E-state index in [-0.39, 0.29) is 11.5 Å². The molecule has 43 heavy (non-hydrogen) atoms. The highest BCUT2D eigenvalue weighted by molar-refractivity contribution is 5.89. The number of aromatic nitrogens is 6. The van der Waals surface area contributed by atoms with Gasteiger partial charge < -0.3 is 9.84 Å². The van der Waals surface area contributed by atoms with Crippen molar-refractivity contribution in [1.29, 1.82) is 0 Å². The Kier molecular flexibility index (Phi) is 8.48. The maximum Gasteiger partial charge on any atom is 0.337 e. The molecule has 6 rings (SSSR count). The number of nitrogens with zero attached hydrogens (tertiary/aromatic N) is 6. The summed E-state index contributed by atoms with van der Waals surface area (Å²) in [7, 11) is 1.36. The number of hydrogen-bond donors (Lipinski definition) is 1. The van der Waals surface area contributed by atoms with Gasteiger partial charge in [0.1, 0.15) is 12.7 Å².